The van der Waals surface area contributed by atoms with Crippen LogP contribution >= 0.6 is 0 Å². The third kappa shape index (κ3) is 6.18. The molecule has 1 aliphatic heterocycles. The van der Waals surface area contributed by atoms with Crippen LogP contribution in [0.15, 0.2) is 53.4 Å². The number of nitrogens with one attached hydrogen (secondary N) is 1. The SMILES string of the molecule is Cc1cccc(C)c1-c1cc2nc(n1)NS(=O)(=O)c1cccc(c1)C([C@H]1C[C@@H](OC(C)C)C1)[C@H](CC(C)C)CO2. The fourth-order valence-corrected chi connectivity index (χ4v) is 7.40. The van der Waals surface area contributed by atoms with Crippen LogP contribution in [-0.4, -0.2) is 37.2 Å². The number of hydrogen-bond donors (Lipinski definition) is 1. The predicted molar refractivity (Wildman–Crippen MR) is 158 cm³/mol. The quantitative estimate of drug-likeness (QED) is 0.351. The molecule has 7 nitrogen and oxygen atoms in total. The Kier molecular flexibility index (Phi) is 8.20. The van der Waals surface area contributed by atoms with Crippen molar-refractivity contribution < 1.29 is 17.9 Å². The molecule has 2 aromatic carbocycles. The van der Waals surface area contributed by atoms with E-state index in [1.54, 1.807) is 6.07 Å². The Morgan fingerprint density at radius 3 is 2.38 bits per heavy atom. The van der Waals surface area contributed by atoms with Crippen molar-refractivity contribution in [1.82, 2.24) is 9.97 Å². The monoisotopic (exact) mass is 563 g/mol. The first kappa shape index (κ1) is 28.6. The van der Waals surface area contributed by atoms with Gasteiger partial charge in [-0.25, -0.2) is 18.1 Å². The lowest BCUT2D eigenvalue weighted by molar-refractivity contribution is -0.0741. The fourth-order valence-electron chi connectivity index (χ4n) is 6.40. The normalized spacial score (nSPS) is 23.9. The third-order valence-corrected chi connectivity index (χ3v) is 9.38. The van der Waals surface area contributed by atoms with Crippen molar-refractivity contribution >= 4 is 16.0 Å². The van der Waals surface area contributed by atoms with Gasteiger partial charge >= 0.3 is 0 Å². The number of hydrogen-bond acceptors (Lipinski definition) is 6. The molecular formula is C32H41N3O4S. The van der Waals surface area contributed by atoms with E-state index in [2.05, 4.69) is 48.5 Å². The lowest BCUT2D eigenvalue weighted by Gasteiger charge is -2.44. The summed E-state index contributed by atoms with van der Waals surface area (Å²) in [5.74, 6) is 1.53. The zero-order valence-corrected chi connectivity index (χ0v) is 25.2. The first-order valence-electron chi connectivity index (χ1n) is 14.4. The van der Waals surface area contributed by atoms with Crippen molar-refractivity contribution in [3.63, 3.8) is 0 Å². The summed E-state index contributed by atoms with van der Waals surface area (Å²) in [7, 11) is -3.93. The number of fused-ring (bicyclic) bond motifs is 4. The molecule has 214 valence electrons. The molecule has 1 unspecified atom stereocenters. The summed E-state index contributed by atoms with van der Waals surface area (Å²) < 4.78 is 42.4. The van der Waals surface area contributed by atoms with Crippen LogP contribution in [0.3, 0.4) is 0 Å². The van der Waals surface area contributed by atoms with Crippen molar-refractivity contribution in [2.24, 2.45) is 17.8 Å². The van der Waals surface area contributed by atoms with E-state index in [4.69, 9.17) is 9.47 Å². The summed E-state index contributed by atoms with van der Waals surface area (Å²) in [4.78, 5) is 9.35. The minimum absolute atomic E-state index is 0.00533. The number of benzene rings is 2. The van der Waals surface area contributed by atoms with Crippen LogP contribution in [0.5, 0.6) is 5.88 Å². The van der Waals surface area contributed by atoms with Gasteiger partial charge in [-0.05, 0) is 93.5 Å². The molecule has 1 N–H and O–H groups in total. The van der Waals surface area contributed by atoms with Crippen LogP contribution in [0, 0.1) is 31.6 Å². The molecule has 40 heavy (non-hydrogen) atoms. The van der Waals surface area contributed by atoms with Gasteiger partial charge in [0.2, 0.25) is 11.8 Å². The molecule has 1 aliphatic carbocycles. The lowest BCUT2D eigenvalue weighted by atomic mass is 9.65. The summed E-state index contributed by atoms with van der Waals surface area (Å²) in [6.45, 7) is 13.1. The second kappa shape index (κ2) is 11.5. The molecule has 5 rings (SSSR count). The molecule has 8 heteroatoms. The van der Waals surface area contributed by atoms with Crippen LogP contribution in [0.2, 0.25) is 0 Å². The Morgan fingerprint density at radius 2 is 1.70 bits per heavy atom. The van der Waals surface area contributed by atoms with Gasteiger partial charge in [0.05, 0.1) is 29.4 Å². The molecular weight excluding hydrogens is 522 g/mol. The van der Waals surface area contributed by atoms with Crippen LogP contribution in [0.4, 0.5) is 5.95 Å². The van der Waals surface area contributed by atoms with E-state index in [1.807, 2.05) is 50.2 Å². The zero-order chi connectivity index (χ0) is 28.6. The number of ether oxygens (including phenoxy) is 2. The maximum Gasteiger partial charge on any atom is 0.264 e. The second-order valence-electron chi connectivity index (χ2n) is 12.1. The molecule has 0 radical (unpaired) electrons. The van der Waals surface area contributed by atoms with Crippen molar-refractivity contribution in [3.8, 4) is 17.1 Å². The van der Waals surface area contributed by atoms with Crippen molar-refractivity contribution in [1.29, 1.82) is 0 Å². The Bertz CT molecular complexity index is 1440. The van der Waals surface area contributed by atoms with E-state index in [1.165, 1.54) is 0 Å². The lowest BCUT2D eigenvalue weighted by Crippen LogP contribution is -2.40. The van der Waals surface area contributed by atoms with Crippen molar-refractivity contribution in [2.75, 3.05) is 11.3 Å². The zero-order valence-electron chi connectivity index (χ0n) is 24.3. The van der Waals surface area contributed by atoms with E-state index in [-0.39, 0.29) is 34.9 Å². The highest BCUT2D eigenvalue weighted by Gasteiger charge is 2.41. The summed E-state index contributed by atoms with van der Waals surface area (Å²) in [5, 5.41) is 0. The highest BCUT2D eigenvalue weighted by molar-refractivity contribution is 7.92. The number of anilines is 1. The largest absolute Gasteiger partial charge is 0.477 e. The summed E-state index contributed by atoms with van der Waals surface area (Å²) >= 11 is 0. The molecule has 0 spiro atoms. The van der Waals surface area contributed by atoms with E-state index < -0.39 is 10.0 Å². The van der Waals surface area contributed by atoms with E-state index in [0.717, 1.165) is 41.5 Å². The average Bonchev–Trinajstić information content (AvgIpc) is 2.84. The maximum absolute atomic E-state index is 13.6. The van der Waals surface area contributed by atoms with Crippen molar-refractivity contribution in [2.45, 2.75) is 83.8 Å². The van der Waals surface area contributed by atoms with Gasteiger partial charge in [0.25, 0.3) is 10.0 Å². The second-order valence-corrected chi connectivity index (χ2v) is 13.8. The summed E-state index contributed by atoms with van der Waals surface area (Å²) in [6.07, 6.45) is 3.30. The number of aryl methyl sites for hydroxylation is 2. The minimum atomic E-state index is -3.93. The Labute approximate surface area is 238 Å². The molecule has 3 aromatic rings. The number of rotatable bonds is 6. The van der Waals surface area contributed by atoms with Gasteiger partial charge in [0, 0.05) is 17.5 Å². The number of aromatic nitrogens is 2. The fraction of sp³-hybridized carbons (Fsp3) is 0.500. The van der Waals surface area contributed by atoms with E-state index in [0.29, 0.717) is 30.0 Å². The smallest absolute Gasteiger partial charge is 0.264 e. The standard InChI is InChI=1S/C32H41N3O4S/c1-19(2)13-25-18-38-29-17-28(30-21(5)9-7-10-22(30)6)33-32(34-29)35-40(36,37)27-12-8-11-23(16-27)31(25)24-14-26(15-24)39-20(3)4/h7-12,16-17,19-20,24-26,31H,13-15,18H2,1-6H3,(H,33,34,35)/t24-,25-,26+,31?/m1/s1. The Hall–Kier alpha value is -2.97. The van der Waals surface area contributed by atoms with Crippen LogP contribution in [0.25, 0.3) is 11.3 Å². The Balaban J connectivity index is 1.60. The topological polar surface area (TPSA) is 90.4 Å². The molecule has 2 aliphatic rings. The van der Waals surface area contributed by atoms with Gasteiger partial charge in [-0.15, -0.1) is 0 Å². The minimum Gasteiger partial charge on any atom is -0.477 e. The van der Waals surface area contributed by atoms with Gasteiger partial charge in [-0.2, -0.15) is 4.98 Å². The summed E-state index contributed by atoms with van der Waals surface area (Å²) in [5.41, 5.74) is 4.72. The highest BCUT2D eigenvalue weighted by Crippen LogP contribution is 2.47. The van der Waals surface area contributed by atoms with Gasteiger partial charge in [0.1, 0.15) is 0 Å². The molecule has 1 fully saturated rings. The number of nitrogens with zero attached hydrogens (tertiary/aromatic N) is 2. The molecule has 0 amide bonds. The molecule has 4 bridgehead atoms. The molecule has 2 atom stereocenters. The average molecular weight is 564 g/mol. The van der Waals surface area contributed by atoms with Crippen molar-refractivity contribution in [3.05, 3.63) is 65.2 Å². The molecule has 0 saturated heterocycles. The van der Waals surface area contributed by atoms with Gasteiger partial charge in [-0.3, -0.25) is 0 Å². The first-order valence-corrected chi connectivity index (χ1v) is 15.8. The molecule has 1 saturated carbocycles. The predicted octanol–water partition coefficient (Wildman–Crippen LogP) is 6.90. The Morgan fingerprint density at radius 1 is 1.00 bits per heavy atom. The maximum atomic E-state index is 13.6. The van der Waals surface area contributed by atoms with Gasteiger partial charge in [-0.1, -0.05) is 44.2 Å². The summed E-state index contributed by atoms with van der Waals surface area (Å²) in [6, 6.07) is 15.3. The molecule has 2 heterocycles. The number of sulfonamides is 1. The van der Waals surface area contributed by atoms with E-state index in [9.17, 15) is 8.42 Å². The highest BCUT2D eigenvalue weighted by atomic mass is 32.2. The van der Waals surface area contributed by atoms with Crippen LogP contribution < -0.4 is 9.46 Å². The molecule has 1 aromatic heterocycles. The third-order valence-electron chi connectivity index (χ3n) is 8.05. The van der Waals surface area contributed by atoms with E-state index >= 15 is 0 Å². The van der Waals surface area contributed by atoms with Crippen LogP contribution in [0.1, 0.15) is 69.6 Å². The van der Waals surface area contributed by atoms with Crippen LogP contribution in [-0.2, 0) is 14.8 Å². The van der Waals surface area contributed by atoms with Gasteiger partial charge < -0.3 is 9.47 Å². The van der Waals surface area contributed by atoms with Gasteiger partial charge in [0.15, 0.2) is 0 Å². The first-order chi connectivity index (χ1) is 19.0.